The molecule has 0 aromatic heterocycles. The third-order valence-electron chi connectivity index (χ3n) is 4.01. The average molecular weight is 435 g/mol. The summed E-state index contributed by atoms with van der Waals surface area (Å²) in [6.45, 7) is 0. The van der Waals surface area contributed by atoms with Gasteiger partial charge < -0.3 is 4.84 Å². The maximum absolute atomic E-state index is 12.2. The standard InChI is InChI=1S/C20H13N5O7/c26-19(17-11-10-16(24(28)29)12-18(17)25(30)31)22-21-14-6-8-15(9-7-14)23-32-20(27)13-4-2-1-3-5-13/h1-12,23H. The molecule has 0 atom stereocenters. The molecule has 1 N–H and O–H groups in total. The van der Waals surface area contributed by atoms with Crippen LogP contribution in [0.15, 0.2) is 83.0 Å². The van der Waals surface area contributed by atoms with Gasteiger partial charge in [0.2, 0.25) is 0 Å². The number of non-ortho nitro benzene ring substituents is 1. The molecule has 0 bridgehead atoms. The van der Waals surface area contributed by atoms with Crippen molar-refractivity contribution in [3.63, 3.8) is 0 Å². The zero-order valence-electron chi connectivity index (χ0n) is 16.1. The number of hydrogen-bond acceptors (Lipinski definition) is 9. The zero-order valence-corrected chi connectivity index (χ0v) is 16.1. The molecule has 3 rings (SSSR count). The van der Waals surface area contributed by atoms with Crippen molar-refractivity contribution in [2.75, 3.05) is 5.48 Å². The van der Waals surface area contributed by atoms with Crippen LogP contribution in [-0.4, -0.2) is 21.7 Å². The number of nitro groups is 2. The van der Waals surface area contributed by atoms with Gasteiger partial charge in [-0.15, -0.1) is 10.2 Å². The third kappa shape index (κ3) is 5.33. The Balaban J connectivity index is 1.66. The van der Waals surface area contributed by atoms with Crippen molar-refractivity contribution < 1.29 is 24.3 Å². The van der Waals surface area contributed by atoms with Crippen LogP contribution in [0.5, 0.6) is 0 Å². The van der Waals surface area contributed by atoms with Crippen LogP contribution < -0.4 is 5.48 Å². The van der Waals surface area contributed by atoms with Gasteiger partial charge in [-0.2, -0.15) is 0 Å². The van der Waals surface area contributed by atoms with E-state index in [4.69, 9.17) is 4.84 Å². The highest BCUT2D eigenvalue weighted by atomic mass is 16.7. The second-order valence-corrected chi connectivity index (χ2v) is 6.13. The summed E-state index contributed by atoms with van der Waals surface area (Å²) < 4.78 is 0. The fraction of sp³-hybridized carbons (Fsp3) is 0. The van der Waals surface area contributed by atoms with Crippen molar-refractivity contribution in [3.05, 3.63) is 104 Å². The Hall–Kier alpha value is -5.00. The molecule has 12 nitrogen and oxygen atoms in total. The fourth-order valence-corrected chi connectivity index (χ4v) is 2.46. The molecule has 0 aliphatic carbocycles. The molecule has 0 saturated carbocycles. The van der Waals surface area contributed by atoms with Crippen LogP contribution in [0.3, 0.4) is 0 Å². The van der Waals surface area contributed by atoms with Gasteiger partial charge in [0.15, 0.2) is 0 Å². The molecule has 0 aliphatic rings. The number of hydrogen-bond donors (Lipinski definition) is 1. The lowest BCUT2D eigenvalue weighted by Crippen LogP contribution is -2.10. The number of benzene rings is 3. The number of carbonyl (C=O) groups excluding carboxylic acids is 2. The molecule has 0 aliphatic heterocycles. The molecular weight excluding hydrogens is 422 g/mol. The van der Waals surface area contributed by atoms with Gasteiger partial charge in [0.1, 0.15) is 5.56 Å². The molecule has 0 unspecified atom stereocenters. The minimum atomic E-state index is -1.04. The number of nitrogens with zero attached hydrogens (tertiary/aromatic N) is 4. The van der Waals surface area contributed by atoms with E-state index in [0.717, 1.165) is 12.1 Å². The lowest BCUT2D eigenvalue weighted by atomic mass is 10.1. The van der Waals surface area contributed by atoms with E-state index in [-0.39, 0.29) is 5.69 Å². The van der Waals surface area contributed by atoms with Gasteiger partial charge in [-0.05, 0) is 42.5 Å². The largest absolute Gasteiger partial charge is 0.362 e. The molecule has 0 heterocycles. The van der Waals surface area contributed by atoms with Gasteiger partial charge in [0, 0.05) is 6.07 Å². The lowest BCUT2D eigenvalue weighted by Gasteiger charge is -2.06. The topological polar surface area (TPSA) is 166 Å². The minimum Gasteiger partial charge on any atom is -0.338 e. The Kier molecular flexibility index (Phi) is 6.56. The van der Waals surface area contributed by atoms with Crippen molar-refractivity contribution in [2.24, 2.45) is 10.2 Å². The van der Waals surface area contributed by atoms with Crippen LogP contribution in [0, 0.1) is 20.2 Å². The van der Waals surface area contributed by atoms with Crippen LogP contribution in [0.1, 0.15) is 20.7 Å². The van der Waals surface area contributed by atoms with E-state index in [9.17, 15) is 29.8 Å². The van der Waals surface area contributed by atoms with Crippen LogP contribution in [0.2, 0.25) is 0 Å². The first kappa shape index (κ1) is 21.7. The van der Waals surface area contributed by atoms with Crippen LogP contribution >= 0.6 is 0 Å². The first-order valence-corrected chi connectivity index (χ1v) is 8.86. The van der Waals surface area contributed by atoms with Gasteiger partial charge in [0.25, 0.3) is 11.4 Å². The van der Waals surface area contributed by atoms with E-state index in [0.29, 0.717) is 17.3 Å². The van der Waals surface area contributed by atoms with E-state index in [2.05, 4.69) is 15.7 Å². The highest BCUT2D eigenvalue weighted by Crippen LogP contribution is 2.26. The molecule has 0 radical (unpaired) electrons. The summed E-state index contributed by atoms with van der Waals surface area (Å²) in [7, 11) is 0. The number of carbonyl (C=O) groups is 2. The van der Waals surface area contributed by atoms with Crippen molar-refractivity contribution in [1.82, 2.24) is 0 Å². The highest BCUT2D eigenvalue weighted by molar-refractivity contribution is 5.99. The first-order valence-electron chi connectivity index (χ1n) is 8.86. The van der Waals surface area contributed by atoms with Crippen molar-refractivity contribution in [2.45, 2.75) is 0 Å². The molecule has 12 heteroatoms. The van der Waals surface area contributed by atoms with Crippen LogP contribution in [0.25, 0.3) is 0 Å². The summed E-state index contributed by atoms with van der Waals surface area (Å²) in [5.41, 5.74) is 1.79. The third-order valence-corrected chi connectivity index (χ3v) is 4.01. The smallest absolute Gasteiger partial charge is 0.338 e. The predicted molar refractivity (Wildman–Crippen MR) is 111 cm³/mol. The second kappa shape index (κ2) is 9.67. The Morgan fingerprint density at radius 1 is 0.875 bits per heavy atom. The molecule has 0 fully saturated rings. The molecule has 3 aromatic carbocycles. The van der Waals surface area contributed by atoms with E-state index >= 15 is 0 Å². The van der Waals surface area contributed by atoms with E-state index in [1.165, 1.54) is 24.3 Å². The summed E-state index contributed by atoms with van der Waals surface area (Å²) in [6, 6.07) is 16.9. The highest BCUT2D eigenvalue weighted by Gasteiger charge is 2.24. The fourth-order valence-electron chi connectivity index (χ4n) is 2.46. The Morgan fingerprint density at radius 3 is 2.19 bits per heavy atom. The van der Waals surface area contributed by atoms with Crippen LogP contribution in [0.4, 0.5) is 22.7 Å². The molecule has 0 saturated heterocycles. The summed E-state index contributed by atoms with van der Waals surface area (Å²) in [5.74, 6) is -1.62. The molecule has 32 heavy (non-hydrogen) atoms. The number of amides is 1. The lowest BCUT2D eigenvalue weighted by molar-refractivity contribution is -0.394. The van der Waals surface area contributed by atoms with Gasteiger partial charge in [-0.3, -0.25) is 25.0 Å². The number of nitrogens with one attached hydrogen (secondary N) is 1. The monoisotopic (exact) mass is 435 g/mol. The van der Waals surface area contributed by atoms with E-state index in [1.807, 2.05) is 0 Å². The molecule has 0 spiro atoms. The predicted octanol–water partition coefficient (Wildman–Crippen LogP) is 4.61. The summed E-state index contributed by atoms with van der Waals surface area (Å²) in [5, 5.41) is 29.0. The summed E-state index contributed by atoms with van der Waals surface area (Å²) >= 11 is 0. The molecule has 160 valence electrons. The number of azo groups is 1. The molecule has 3 aromatic rings. The second-order valence-electron chi connectivity index (χ2n) is 6.13. The van der Waals surface area contributed by atoms with Crippen molar-refractivity contribution >= 4 is 34.6 Å². The number of rotatable bonds is 7. The summed E-state index contributed by atoms with van der Waals surface area (Å²) in [6.07, 6.45) is 0. The Labute approximate surface area is 179 Å². The molecular formula is C20H13N5O7. The maximum Gasteiger partial charge on any atom is 0.362 e. The van der Waals surface area contributed by atoms with Crippen molar-refractivity contribution in [1.29, 1.82) is 0 Å². The van der Waals surface area contributed by atoms with E-state index < -0.39 is 38.7 Å². The number of nitro benzene ring substituents is 2. The first-order chi connectivity index (χ1) is 15.3. The minimum absolute atomic E-state index is 0.239. The quantitative estimate of drug-likeness (QED) is 0.319. The molecule has 1 amide bonds. The van der Waals surface area contributed by atoms with Gasteiger partial charge in [-0.25, -0.2) is 10.3 Å². The Bertz CT molecular complexity index is 1210. The normalized spacial score (nSPS) is 10.5. The average Bonchev–Trinajstić information content (AvgIpc) is 2.81. The zero-order chi connectivity index (χ0) is 23.1. The maximum atomic E-state index is 12.2. The van der Waals surface area contributed by atoms with Crippen LogP contribution in [-0.2, 0) is 4.84 Å². The van der Waals surface area contributed by atoms with Gasteiger partial charge >= 0.3 is 11.9 Å². The van der Waals surface area contributed by atoms with Gasteiger partial charge in [0.05, 0.1) is 32.9 Å². The Morgan fingerprint density at radius 2 is 1.56 bits per heavy atom. The summed E-state index contributed by atoms with van der Waals surface area (Å²) in [4.78, 5) is 49.2. The van der Waals surface area contributed by atoms with E-state index in [1.54, 1.807) is 30.3 Å². The SMILES string of the molecule is O=C(ONc1ccc(N=NC(=O)c2ccc([N+](=O)[O-])cc2[N+](=O)[O-])cc1)c1ccccc1. The van der Waals surface area contributed by atoms with Gasteiger partial charge in [-0.1, -0.05) is 18.2 Å². The van der Waals surface area contributed by atoms with Crippen molar-refractivity contribution in [3.8, 4) is 0 Å². The number of anilines is 1.